The van der Waals surface area contributed by atoms with Gasteiger partial charge in [0, 0.05) is 16.3 Å². The Labute approximate surface area is 139 Å². The van der Waals surface area contributed by atoms with Crippen LogP contribution in [0, 0.1) is 11.3 Å². The Balaban J connectivity index is 2.73. The van der Waals surface area contributed by atoms with Crippen molar-refractivity contribution in [3.63, 3.8) is 0 Å². The standard InChI is InChI=1S/C13H10BrN3O3S2/c1-21-13-16-11(8(6-15)12(18)17-13)7-3-4-10(9(14)5-7)22(2,19)20/h3-5H,1-2H3,(H,16,17,18). The van der Waals surface area contributed by atoms with E-state index in [1.54, 1.807) is 6.26 Å². The fourth-order valence-corrected chi connectivity index (χ4v) is 4.18. The molecule has 114 valence electrons. The quantitative estimate of drug-likeness (QED) is 0.626. The average Bonchev–Trinajstić information content (AvgIpc) is 2.44. The summed E-state index contributed by atoms with van der Waals surface area (Å²) in [4.78, 5) is 18.8. The van der Waals surface area contributed by atoms with E-state index in [4.69, 9.17) is 5.26 Å². The van der Waals surface area contributed by atoms with Crippen LogP contribution in [0.1, 0.15) is 5.56 Å². The van der Waals surface area contributed by atoms with Crippen molar-refractivity contribution >= 4 is 37.5 Å². The van der Waals surface area contributed by atoms with E-state index in [9.17, 15) is 13.2 Å². The number of hydrogen-bond donors (Lipinski definition) is 1. The summed E-state index contributed by atoms with van der Waals surface area (Å²) in [5.41, 5.74) is 0.0607. The number of halogens is 1. The van der Waals surface area contributed by atoms with Crippen LogP contribution in [-0.2, 0) is 9.84 Å². The van der Waals surface area contributed by atoms with Gasteiger partial charge in [-0.25, -0.2) is 13.4 Å². The van der Waals surface area contributed by atoms with Gasteiger partial charge >= 0.3 is 0 Å². The van der Waals surface area contributed by atoms with E-state index < -0.39 is 15.4 Å². The molecule has 9 heteroatoms. The highest BCUT2D eigenvalue weighted by Crippen LogP contribution is 2.29. The number of nitrogens with zero attached hydrogens (tertiary/aromatic N) is 2. The van der Waals surface area contributed by atoms with Gasteiger partial charge in [0.1, 0.15) is 11.6 Å². The second-order valence-electron chi connectivity index (χ2n) is 4.33. The third-order valence-corrected chi connectivity index (χ3v) is 5.46. The number of H-pyrrole nitrogens is 1. The van der Waals surface area contributed by atoms with Gasteiger partial charge in [0.05, 0.1) is 10.6 Å². The number of benzene rings is 1. The Morgan fingerprint density at radius 2 is 2.09 bits per heavy atom. The molecule has 6 nitrogen and oxygen atoms in total. The van der Waals surface area contributed by atoms with Gasteiger partial charge in [0.15, 0.2) is 15.0 Å². The van der Waals surface area contributed by atoms with Crippen LogP contribution in [-0.4, -0.2) is 30.9 Å². The number of thioether (sulfide) groups is 1. The van der Waals surface area contributed by atoms with Crippen LogP contribution in [0.2, 0.25) is 0 Å². The minimum Gasteiger partial charge on any atom is -0.300 e. The van der Waals surface area contributed by atoms with Crippen LogP contribution in [0.3, 0.4) is 0 Å². The highest BCUT2D eigenvalue weighted by molar-refractivity contribution is 9.10. The maximum atomic E-state index is 11.9. The highest BCUT2D eigenvalue weighted by atomic mass is 79.9. The zero-order valence-corrected chi connectivity index (χ0v) is 14.8. The molecule has 1 heterocycles. The van der Waals surface area contributed by atoms with Gasteiger partial charge in [-0.3, -0.25) is 4.79 Å². The molecule has 0 bridgehead atoms. The second kappa shape index (κ2) is 6.24. The average molecular weight is 400 g/mol. The second-order valence-corrected chi connectivity index (χ2v) is 7.96. The number of nitrogens with one attached hydrogen (secondary N) is 1. The Bertz CT molecular complexity index is 946. The van der Waals surface area contributed by atoms with Crippen LogP contribution in [0.5, 0.6) is 0 Å². The largest absolute Gasteiger partial charge is 0.300 e. The van der Waals surface area contributed by atoms with Crippen LogP contribution in [0.15, 0.2) is 37.5 Å². The van der Waals surface area contributed by atoms with Crippen molar-refractivity contribution in [1.29, 1.82) is 5.26 Å². The summed E-state index contributed by atoms with van der Waals surface area (Å²) in [6, 6.07) is 6.30. The Kier molecular flexibility index (Phi) is 4.75. The first kappa shape index (κ1) is 16.7. The molecule has 0 spiro atoms. The third kappa shape index (κ3) is 3.24. The maximum Gasteiger partial charge on any atom is 0.270 e. The molecule has 22 heavy (non-hydrogen) atoms. The van der Waals surface area contributed by atoms with E-state index in [1.165, 1.54) is 30.0 Å². The van der Waals surface area contributed by atoms with Crippen LogP contribution in [0.25, 0.3) is 11.3 Å². The number of aromatic nitrogens is 2. The third-order valence-electron chi connectivity index (χ3n) is 2.81. The highest BCUT2D eigenvalue weighted by Gasteiger charge is 2.17. The first-order chi connectivity index (χ1) is 10.3. The van der Waals surface area contributed by atoms with Crippen molar-refractivity contribution in [3.8, 4) is 17.3 Å². The Morgan fingerprint density at radius 3 is 2.59 bits per heavy atom. The Morgan fingerprint density at radius 1 is 1.41 bits per heavy atom. The first-order valence-electron chi connectivity index (χ1n) is 5.86. The molecular weight excluding hydrogens is 390 g/mol. The number of rotatable bonds is 3. The lowest BCUT2D eigenvalue weighted by atomic mass is 10.1. The van der Waals surface area contributed by atoms with E-state index in [0.717, 1.165) is 6.26 Å². The number of sulfone groups is 1. The van der Waals surface area contributed by atoms with Gasteiger partial charge in [0.2, 0.25) is 0 Å². The van der Waals surface area contributed by atoms with Gasteiger partial charge in [-0.1, -0.05) is 17.8 Å². The molecule has 2 rings (SSSR count). The summed E-state index contributed by atoms with van der Waals surface area (Å²) in [6.07, 6.45) is 2.85. The summed E-state index contributed by atoms with van der Waals surface area (Å²) in [5.74, 6) is 0. The van der Waals surface area contributed by atoms with Gasteiger partial charge in [-0.15, -0.1) is 0 Å². The van der Waals surface area contributed by atoms with Crippen molar-refractivity contribution in [2.75, 3.05) is 12.5 Å². The molecule has 1 aromatic heterocycles. The molecule has 0 unspecified atom stereocenters. The van der Waals surface area contributed by atoms with Crippen LogP contribution >= 0.6 is 27.7 Å². The predicted octanol–water partition coefficient (Wildman–Crippen LogP) is 2.20. The lowest BCUT2D eigenvalue weighted by molar-refractivity contribution is 0.601. The fourth-order valence-electron chi connectivity index (χ4n) is 1.81. The molecule has 1 aromatic carbocycles. The molecule has 0 atom stereocenters. The lowest BCUT2D eigenvalue weighted by Crippen LogP contribution is -2.14. The van der Waals surface area contributed by atoms with Crippen LogP contribution in [0.4, 0.5) is 0 Å². The summed E-state index contributed by atoms with van der Waals surface area (Å²) in [7, 11) is -3.37. The first-order valence-corrected chi connectivity index (χ1v) is 9.77. The molecule has 0 amide bonds. The molecule has 0 fully saturated rings. The van der Waals surface area contributed by atoms with Gasteiger partial charge in [-0.05, 0) is 34.3 Å². The van der Waals surface area contributed by atoms with Gasteiger partial charge in [-0.2, -0.15) is 5.26 Å². The lowest BCUT2D eigenvalue weighted by Gasteiger charge is -2.08. The molecule has 1 N–H and O–H groups in total. The molecular formula is C13H10BrN3O3S2. The molecule has 0 aliphatic heterocycles. The minimum absolute atomic E-state index is 0.114. The smallest absolute Gasteiger partial charge is 0.270 e. The molecule has 0 radical (unpaired) electrons. The summed E-state index contributed by atoms with van der Waals surface area (Å²) < 4.78 is 23.6. The van der Waals surface area contributed by atoms with Crippen molar-refractivity contribution in [1.82, 2.24) is 9.97 Å². The normalized spacial score (nSPS) is 11.2. The van der Waals surface area contributed by atoms with Crippen LogP contribution < -0.4 is 5.56 Å². The molecule has 0 aliphatic carbocycles. The zero-order chi connectivity index (χ0) is 16.5. The summed E-state index contributed by atoms with van der Waals surface area (Å²) in [6.45, 7) is 0. The summed E-state index contributed by atoms with van der Waals surface area (Å²) in [5, 5.41) is 9.53. The minimum atomic E-state index is -3.37. The van der Waals surface area contributed by atoms with Crippen molar-refractivity contribution in [3.05, 3.63) is 38.6 Å². The zero-order valence-electron chi connectivity index (χ0n) is 11.5. The SMILES string of the molecule is CSc1nc(-c2ccc(S(C)(=O)=O)c(Br)c2)c(C#N)c(=O)[nH]1. The monoisotopic (exact) mass is 399 g/mol. The van der Waals surface area contributed by atoms with Gasteiger partial charge in [0.25, 0.3) is 5.56 Å². The molecule has 0 aliphatic rings. The van der Waals surface area contributed by atoms with E-state index >= 15 is 0 Å². The Hall–Kier alpha value is -1.63. The van der Waals surface area contributed by atoms with E-state index in [2.05, 4.69) is 25.9 Å². The van der Waals surface area contributed by atoms with E-state index in [1.807, 2.05) is 6.07 Å². The molecule has 2 aromatic rings. The number of hydrogen-bond acceptors (Lipinski definition) is 6. The predicted molar refractivity (Wildman–Crippen MR) is 87.6 cm³/mol. The van der Waals surface area contributed by atoms with Crippen molar-refractivity contribution < 1.29 is 8.42 Å². The van der Waals surface area contributed by atoms with E-state index in [-0.39, 0.29) is 16.2 Å². The number of aromatic amines is 1. The van der Waals surface area contributed by atoms with Gasteiger partial charge < -0.3 is 4.98 Å². The number of nitriles is 1. The molecule has 0 saturated heterocycles. The topological polar surface area (TPSA) is 104 Å². The molecule has 0 saturated carbocycles. The van der Waals surface area contributed by atoms with E-state index in [0.29, 0.717) is 15.2 Å². The fraction of sp³-hybridized carbons (Fsp3) is 0.154. The van der Waals surface area contributed by atoms with Crippen molar-refractivity contribution in [2.24, 2.45) is 0 Å². The maximum absolute atomic E-state index is 11.9. The van der Waals surface area contributed by atoms with Crippen molar-refractivity contribution in [2.45, 2.75) is 10.1 Å². The summed E-state index contributed by atoms with van der Waals surface area (Å²) >= 11 is 4.44.